The number of ether oxygens (including phenoxy) is 1. The van der Waals surface area contributed by atoms with E-state index in [0.29, 0.717) is 11.8 Å². The van der Waals surface area contributed by atoms with Crippen molar-refractivity contribution >= 4 is 11.9 Å². The van der Waals surface area contributed by atoms with Crippen molar-refractivity contribution < 1.29 is 14.3 Å². The summed E-state index contributed by atoms with van der Waals surface area (Å²) in [5.74, 6) is 0.492. The highest BCUT2D eigenvalue weighted by molar-refractivity contribution is 5.87. The number of amides is 1. The first kappa shape index (κ1) is 9.87. The fraction of sp³-hybridized carbons (Fsp3) is 0.667. The Bertz CT molecular complexity index is 392. The molecule has 16 heavy (non-hydrogen) atoms. The molecule has 3 rings (SSSR count). The molecule has 0 aromatic carbocycles. The van der Waals surface area contributed by atoms with Gasteiger partial charge >= 0.3 is 5.97 Å². The van der Waals surface area contributed by atoms with Gasteiger partial charge in [0.2, 0.25) is 5.91 Å². The lowest BCUT2D eigenvalue weighted by atomic mass is 9.78. The molecule has 2 aliphatic carbocycles. The second-order valence-electron chi connectivity index (χ2n) is 5.24. The Morgan fingerprint density at radius 3 is 3.06 bits per heavy atom. The second-order valence-corrected chi connectivity index (χ2v) is 5.24. The summed E-state index contributed by atoms with van der Waals surface area (Å²) in [6, 6.07) is -0.0364. The maximum absolute atomic E-state index is 11.6. The Labute approximate surface area is 94.0 Å². The van der Waals surface area contributed by atoms with Crippen molar-refractivity contribution in [1.29, 1.82) is 0 Å². The minimum Gasteiger partial charge on any atom is -0.457 e. The van der Waals surface area contributed by atoms with Crippen LogP contribution in [0.3, 0.4) is 0 Å². The third-order valence-electron chi connectivity index (χ3n) is 4.53. The number of carbonyl (C=O) groups excluding carboxylic acids is 2. The Morgan fingerprint density at radius 2 is 2.38 bits per heavy atom. The normalized spacial score (nSPS) is 47.9. The Balaban J connectivity index is 1.90. The van der Waals surface area contributed by atoms with Gasteiger partial charge in [-0.05, 0) is 31.8 Å². The predicted octanol–water partition coefficient (Wildman–Crippen LogP) is 0.629. The van der Waals surface area contributed by atoms with Crippen LogP contribution in [0.2, 0.25) is 0 Å². The maximum atomic E-state index is 11.6. The second kappa shape index (κ2) is 2.87. The van der Waals surface area contributed by atoms with Crippen molar-refractivity contribution in [2.75, 3.05) is 0 Å². The molecule has 4 heteroatoms. The molecule has 1 amide bonds. The summed E-state index contributed by atoms with van der Waals surface area (Å²) in [5.41, 5.74) is -0.483. The molecule has 3 aliphatic rings. The molecule has 3 fully saturated rings. The predicted molar refractivity (Wildman–Crippen MR) is 56.3 cm³/mol. The van der Waals surface area contributed by atoms with Crippen molar-refractivity contribution in [1.82, 2.24) is 5.32 Å². The van der Waals surface area contributed by atoms with Gasteiger partial charge in [0.15, 0.2) is 0 Å². The molecule has 1 N–H and O–H groups in total. The van der Waals surface area contributed by atoms with Gasteiger partial charge in [-0.25, -0.2) is 0 Å². The van der Waals surface area contributed by atoms with Crippen LogP contribution in [0, 0.1) is 17.8 Å². The van der Waals surface area contributed by atoms with E-state index < -0.39 is 5.60 Å². The smallest absolute Gasteiger partial charge is 0.310 e. The van der Waals surface area contributed by atoms with E-state index in [4.69, 9.17) is 4.74 Å². The standard InChI is InChI=1S/C12H15NO3/c1-3-9(14)13-10-6-4-7-8(5-6)12(10,2)16-11(7)15/h3,6-8,10H,1,4-5H2,2H3,(H,13,14). The van der Waals surface area contributed by atoms with Crippen molar-refractivity contribution in [2.24, 2.45) is 17.8 Å². The van der Waals surface area contributed by atoms with Crippen LogP contribution in [0.5, 0.6) is 0 Å². The number of hydrogen-bond acceptors (Lipinski definition) is 3. The van der Waals surface area contributed by atoms with E-state index in [9.17, 15) is 9.59 Å². The summed E-state index contributed by atoms with van der Waals surface area (Å²) >= 11 is 0. The van der Waals surface area contributed by atoms with Crippen LogP contribution in [0.4, 0.5) is 0 Å². The number of esters is 1. The van der Waals surface area contributed by atoms with Crippen molar-refractivity contribution in [3.63, 3.8) is 0 Å². The van der Waals surface area contributed by atoms with Crippen LogP contribution in [-0.2, 0) is 14.3 Å². The third-order valence-corrected chi connectivity index (χ3v) is 4.53. The van der Waals surface area contributed by atoms with E-state index in [-0.39, 0.29) is 23.8 Å². The Kier molecular flexibility index (Phi) is 1.77. The quantitative estimate of drug-likeness (QED) is 0.549. The molecule has 0 aromatic heterocycles. The average Bonchev–Trinajstić information content (AvgIpc) is 2.81. The summed E-state index contributed by atoms with van der Waals surface area (Å²) in [6.45, 7) is 5.39. The molecule has 1 heterocycles. The van der Waals surface area contributed by atoms with Crippen LogP contribution in [0.15, 0.2) is 12.7 Å². The number of carbonyl (C=O) groups is 2. The lowest BCUT2D eigenvalue weighted by Gasteiger charge is -2.35. The fourth-order valence-corrected chi connectivity index (χ4v) is 3.85. The first-order valence-electron chi connectivity index (χ1n) is 5.72. The SMILES string of the molecule is C=CC(=O)NC1C2CC3C(=O)OC1(C)C3C2. The van der Waals surface area contributed by atoms with Gasteiger partial charge in [0, 0.05) is 5.92 Å². The molecule has 0 aromatic rings. The average molecular weight is 221 g/mol. The molecular weight excluding hydrogens is 206 g/mol. The zero-order valence-electron chi connectivity index (χ0n) is 9.23. The zero-order valence-corrected chi connectivity index (χ0v) is 9.23. The molecule has 5 atom stereocenters. The van der Waals surface area contributed by atoms with Crippen LogP contribution in [-0.4, -0.2) is 23.5 Å². The highest BCUT2D eigenvalue weighted by Crippen LogP contribution is 2.60. The molecule has 1 saturated heterocycles. The summed E-state index contributed by atoms with van der Waals surface area (Å²) < 4.78 is 5.50. The van der Waals surface area contributed by atoms with Gasteiger partial charge in [0.25, 0.3) is 0 Å². The highest BCUT2D eigenvalue weighted by atomic mass is 16.6. The third kappa shape index (κ3) is 0.996. The maximum Gasteiger partial charge on any atom is 0.310 e. The number of rotatable bonds is 2. The highest BCUT2D eigenvalue weighted by Gasteiger charge is 2.68. The molecule has 2 saturated carbocycles. The molecule has 2 bridgehead atoms. The fourth-order valence-electron chi connectivity index (χ4n) is 3.85. The van der Waals surface area contributed by atoms with Gasteiger partial charge in [-0.3, -0.25) is 9.59 Å². The summed E-state index contributed by atoms with van der Waals surface area (Å²) in [4.78, 5) is 23.0. The van der Waals surface area contributed by atoms with Crippen molar-refractivity contribution in [2.45, 2.75) is 31.4 Å². The van der Waals surface area contributed by atoms with Gasteiger partial charge in [0.05, 0.1) is 12.0 Å². The molecule has 1 aliphatic heterocycles. The molecular formula is C12H15NO3. The summed E-state index contributed by atoms with van der Waals surface area (Å²) in [6.07, 6.45) is 3.12. The van der Waals surface area contributed by atoms with Gasteiger partial charge < -0.3 is 10.1 Å². The lowest BCUT2D eigenvalue weighted by Crippen LogP contribution is -2.53. The van der Waals surface area contributed by atoms with Crippen LogP contribution in [0.1, 0.15) is 19.8 Å². The first-order chi connectivity index (χ1) is 7.56. The first-order valence-corrected chi connectivity index (χ1v) is 5.72. The van der Waals surface area contributed by atoms with Crippen LogP contribution in [0.25, 0.3) is 0 Å². The number of fused-ring (bicyclic) bond motifs is 1. The topological polar surface area (TPSA) is 55.4 Å². The van der Waals surface area contributed by atoms with Gasteiger partial charge in [-0.2, -0.15) is 0 Å². The van der Waals surface area contributed by atoms with E-state index >= 15 is 0 Å². The largest absolute Gasteiger partial charge is 0.457 e. The summed E-state index contributed by atoms with van der Waals surface area (Å²) in [5, 5.41) is 2.91. The van der Waals surface area contributed by atoms with Crippen molar-refractivity contribution in [3.8, 4) is 0 Å². The van der Waals surface area contributed by atoms with E-state index in [1.807, 2.05) is 6.92 Å². The van der Waals surface area contributed by atoms with E-state index in [0.717, 1.165) is 12.8 Å². The lowest BCUT2D eigenvalue weighted by molar-refractivity contribution is -0.150. The zero-order chi connectivity index (χ0) is 11.5. The Morgan fingerprint density at radius 1 is 1.62 bits per heavy atom. The number of hydrogen-bond donors (Lipinski definition) is 1. The van der Waals surface area contributed by atoms with E-state index in [1.54, 1.807) is 0 Å². The van der Waals surface area contributed by atoms with E-state index in [2.05, 4.69) is 11.9 Å². The number of nitrogens with one attached hydrogen (secondary N) is 1. The van der Waals surface area contributed by atoms with Crippen LogP contribution >= 0.6 is 0 Å². The minimum atomic E-state index is -0.483. The molecule has 0 spiro atoms. The van der Waals surface area contributed by atoms with Gasteiger partial charge in [-0.1, -0.05) is 6.58 Å². The molecule has 5 unspecified atom stereocenters. The molecule has 4 nitrogen and oxygen atoms in total. The van der Waals surface area contributed by atoms with Gasteiger partial charge in [0.1, 0.15) is 5.60 Å². The minimum absolute atomic E-state index is 0.0364. The summed E-state index contributed by atoms with van der Waals surface area (Å²) in [7, 11) is 0. The molecule has 86 valence electrons. The van der Waals surface area contributed by atoms with Crippen molar-refractivity contribution in [3.05, 3.63) is 12.7 Å². The van der Waals surface area contributed by atoms with Gasteiger partial charge in [-0.15, -0.1) is 0 Å². The Hall–Kier alpha value is -1.32. The van der Waals surface area contributed by atoms with Crippen LogP contribution < -0.4 is 5.32 Å². The van der Waals surface area contributed by atoms with E-state index in [1.165, 1.54) is 6.08 Å². The monoisotopic (exact) mass is 221 g/mol. The molecule has 0 radical (unpaired) electrons.